The number of rotatable bonds is 6. The van der Waals surface area contributed by atoms with E-state index in [2.05, 4.69) is 23.8 Å². The summed E-state index contributed by atoms with van der Waals surface area (Å²) >= 11 is 0. The second kappa shape index (κ2) is 7.29. The van der Waals surface area contributed by atoms with Crippen LogP contribution in [0.5, 0.6) is 0 Å². The third kappa shape index (κ3) is 3.80. The minimum absolute atomic E-state index is 0.192. The molecule has 0 radical (unpaired) electrons. The van der Waals surface area contributed by atoms with Crippen LogP contribution in [0.4, 0.5) is 5.82 Å². The first-order valence-corrected chi connectivity index (χ1v) is 10.1. The zero-order valence-electron chi connectivity index (χ0n) is 13.4. The van der Waals surface area contributed by atoms with Crippen LogP contribution in [0, 0.1) is 5.92 Å². The topological polar surface area (TPSA) is 192 Å². The number of hydrogen-bond acceptors (Lipinski definition) is 10. The number of aliphatic hydroxyl groups is 1. The number of hydrogen-bond donors (Lipinski definition) is 4. The third-order valence-electron chi connectivity index (χ3n) is 3.94. The number of imidazole rings is 1. The number of aliphatic hydroxyl groups excluding tert-OH is 1. The maximum absolute atomic E-state index is 11.5. The van der Waals surface area contributed by atoms with Crippen LogP contribution in [0.15, 0.2) is 12.7 Å². The van der Waals surface area contributed by atoms with E-state index < -0.39 is 47.0 Å². The number of nitrogens with two attached hydrogens (primary N) is 1. The van der Waals surface area contributed by atoms with E-state index in [1.165, 1.54) is 12.7 Å². The predicted octanol–water partition coefficient (Wildman–Crippen LogP) is -0.182. The number of fused-ring (bicyclic) bond motifs is 1. The van der Waals surface area contributed by atoms with Crippen molar-refractivity contribution in [3.8, 4) is 0 Å². The minimum atomic E-state index is -4.74. The van der Waals surface area contributed by atoms with Crippen molar-refractivity contribution < 1.29 is 37.6 Å². The molecule has 2 aromatic rings. The molecular formula is C11H17N5O8P2. The molecule has 0 aliphatic carbocycles. The van der Waals surface area contributed by atoms with Gasteiger partial charge in [0.15, 0.2) is 11.5 Å². The normalized spacial score (nSPS) is 29.7. The Hall–Kier alpha value is -1.43. The first kappa shape index (κ1) is 19.3. The van der Waals surface area contributed by atoms with Crippen molar-refractivity contribution >= 4 is 33.1 Å². The molecule has 0 saturated carbocycles. The van der Waals surface area contributed by atoms with Gasteiger partial charge in [0, 0.05) is 5.92 Å². The summed E-state index contributed by atoms with van der Waals surface area (Å²) in [6.45, 7) is 1.17. The number of phosphoric ester groups is 1. The molecule has 144 valence electrons. The molecular weight excluding hydrogens is 392 g/mol. The quantitative estimate of drug-likeness (QED) is 0.461. The second-order valence-electron chi connectivity index (χ2n) is 5.62. The largest absolute Gasteiger partial charge is 0.479 e. The lowest BCUT2D eigenvalue weighted by Crippen LogP contribution is -2.29. The summed E-state index contributed by atoms with van der Waals surface area (Å²) in [5.41, 5.74) is 6.51. The zero-order chi connectivity index (χ0) is 19.1. The molecule has 6 atom stereocenters. The van der Waals surface area contributed by atoms with Gasteiger partial charge in [0.1, 0.15) is 24.2 Å². The average molecular weight is 409 g/mol. The summed E-state index contributed by atoms with van der Waals surface area (Å²) in [5.74, 6) is -0.259. The van der Waals surface area contributed by atoms with E-state index in [4.69, 9.17) is 15.4 Å². The molecule has 1 aliphatic rings. The molecule has 1 saturated heterocycles. The predicted molar refractivity (Wildman–Crippen MR) is 86.9 cm³/mol. The fourth-order valence-electron chi connectivity index (χ4n) is 2.70. The molecule has 26 heavy (non-hydrogen) atoms. The molecule has 1 aliphatic heterocycles. The molecule has 0 spiro atoms. The van der Waals surface area contributed by atoms with Crippen LogP contribution >= 0.6 is 16.1 Å². The summed E-state index contributed by atoms with van der Waals surface area (Å²) in [5, 5.41) is 10.3. The maximum Gasteiger partial charge on any atom is 0.479 e. The van der Waals surface area contributed by atoms with Crippen molar-refractivity contribution in [3.05, 3.63) is 12.7 Å². The van der Waals surface area contributed by atoms with Crippen LogP contribution in [0.25, 0.3) is 11.2 Å². The highest BCUT2D eigenvalue weighted by atomic mass is 31.2. The number of aromatic nitrogens is 4. The first-order valence-electron chi connectivity index (χ1n) is 7.36. The Morgan fingerprint density at radius 3 is 2.88 bits per heavy atom. The van der Waals surface area contributed by atoms with Crippen molar-refractivity contribution in [1.29, 1.82) is 0 Å². The van der Waals surface area contributed by atoms with Crippen LogP contribution in [-0.2, 0) is 22.7 Å². The highest BCUT2D eigenvalue weighted by Gasteiger charge is 2.43. The van der Waals surface area contributed by atoms with Crippen molar-refractivity contribution in [2.75, 3.05) is 12.3 Å². The summed E-state index contributed by atoms with van der Waals surface area (Å²) in [6, 6.07) is 0. The fourth-order valence-corrected chi connectivity index (χ4v) is 4.03. The van der Waals surface area contributed by atoms with Crippen LogP contribution in [0.3, 0.4) is 0 Å². The van der Waals surface area contributed by atoms with Gasteiger partial charge < -0.3 is 25.4 Å². The monoisotopic (exact) mass is 409 g/mol. The summed E-state index contributed by atoms with van der Waals surface area (Å²) in [7, 11) is -8.40. The molecule has 5 N–H and O–H groups in total. The number of anilines is 1. The average Bonchev–Trinajstić information content (AvgIpc) is 3.08. The lowest BCUT2D eigenvalue weighted by atomic mass is 10.0. The Bertz CT molecular complexity index is 877. The van der Waals surface area contributed by atoms with Crippen molar-refractivity contribution in [2.45, 2.75) is 25.4 Å². The number of ether oxygens (including phenoxy) is 1. The van der Waals surface area contributed by atoms with E-state index in [9.17, 15) is 19.1 Å². The van der Waals surface area contributed by atoms with E-state index in [1.807, 2.05) is 0 Å². The van der Waals surface area contributed by atoms with Crippen LogP contribution in [-0.4, -0.2) is 53.2 Å². The van der Waals surface area contributed by atoms with Crippen LogP contribution in [0.1, 0.15) is 13.2 Å². The van der Waals surface area contributed by atoms with Gasteiger partial charge in [-0.05, 0) is 0 Å². The number of phosphoric acid groups is 1. The highest BCUT2D eigenvalue weighted by Crippen LogP contribution is 2.51. The second-order valence-corrected chi connectivity index (χ2v) is 8.08. The van der Waals surface area contributed by atoms with E-state index in [0.29, 0.717) is 11.2 Å². The van der Waals surface area contributed by atoms with Crippen LogP contribution < -0.4 is 5.73 Å². The first-order chi connectivity index (χ1) is 12.2. The highest BCUT2D eigenvalue weighted by molar-refractivity contribution is 7.55. The Labute approximate surface area is 147 Å². The lowest BCUT2D eigenvalue weighted by molar-refractivity contribution is -0.0435. The molecule has 15 heteroatoms. The van der Waals surface area contributed by atoms with Crippen molar-refractivity contribution in [1.82, 2.24) is 19.5 Å². The molecule has 1 fully saturated rings. The van der Waals surface area contributed by atoms with E-state index >= 15 is 0 Å². The van der Waals surface area contributed by atoms with Crippen LogP contribution in [0.2, 0.25) is 0 Å². The Morgan fingerprint density at radius 1 is 1.46 bits per heavy atom. The summed E-state index contributed by atoms with van der Waals surface area (Å²) in [4.78, 5) is 29.9. The molecule has 0 aromatic carbocycles. The van der Waals surface area contributed by atoms with Gasteiger partial charge in [0.25, 0.3) is 0 Å². The fraction of sp³-hybridized carbons (Fsp3) is 0.545. The van der Waals surface area contributed by atoms with Gasteiger partial charge in [0.2, 0.25) is 0 Å². The lowest BCUT2D eigenvalue weighted by Gasteiger charge is -2.17. The SMILES string of the molecule is CC1C(O)[C@@H](COP(=O)(O)O[PH](=O)O)OC1n1cnc2c(N)ncnc21. The van der Waals surface area contributed by atoms with Gasteiger partial charge in [0.05, 0.1) is 19.0 Å². The van der Waals surface area contributed by atoms with Crippen molar-refractivity contribution in [2.24, 2.45) is 5.92 Å². The van der Waals surface area contributed by atoms with Gasteiger partial charge in [-0.3, -0.25) is 13.7 Å². The molecule has 3 rings (SSSR count). The Morgan fingerprint density at radius 2 is 2.19 bits per heavy atom. The standard InChI is InChI=1S/C11H17N5O8P2/c1-5-8(17)6(2-22-26(20,21)24-25(18)19)23-11(5)16-4-15-7-9(12)13-3-14-10(7)16/h3-6,8,11,17,25H,2H2,1H3,(H,18,19)(H,20,21)(H2,12,13,14)/t5?,6-,8?,11?/m1/s1. The number of nitrogen functional groups attached to an aromatic ring is 1. The summed E-state index contributed by atoms with van der Waals surface area (Å²) in [6.07, 6.45) is -0.0401. The minimum Gasteiger partial charge on any atom is -0.390 e. The molecule has 0 amide bonds. The van der Waals surface area contributed by atoms with E-state index in [0.717, 1.165) is 0 Å². The third-order valence-corrected chi connectivity index (χ3v) is 5.96. The number of nitrogens with zero attached hydrogens (tertiary/aromatic N) is 4. The zero-order valence-corrected chi connectivity index (χ0v) is 15.3. The van der Waals surface area contributed by atoms with Gasteiger partial charge in [-0.2, -0.15) is 0 Å². The van der Waals surface area contributed by atoms with Crippen molar-refractivity contribution in [3.63, 3.8) is 0 Å². The van der Waals surface area contributed by atoms with Gasteiger partial charge in [-0.25, -0.2) is 23.8 Å². The summed E-state index contributed by atoms with van der Waals surface area (Å²) < 4.78 is 37.8. The molecule has 3 heterocycles. The molecule has 0 bridgehead atoms. The van der Waals surface area contributed by atoms with Gasteiger partial charge in [-0.1, -0.05) is 6.92 Å². The smallest absolute Gasteiger partial charge is 0.390 e. The molecule has 13 nitrogen and oxygen atoms in total. The molecule has 5 unspecified atom stereocenters. The molecule has 2 aromatic heterocycles. The Kier molecular flexibility index (Phi) is 5.42. The van der Waals surface area contributed by atoms with Gasteiger partial charge in [-0.15, -0.1) is 0 Å². The van der Waals surface area contributed by atoms with Gasteiger partial charge >= 0.3 is 16.1 Å². The maximum atomic E-state index is 11.5. The Balaban J connectivity index is 1.76. The van der Waals surface area contributed by atoms with E-state index in [-0.39, 0.29) is 5.82 Å². The van der Waals surface area contributed by atoms with E-state index in [1.54, 1.807) is 11.5 Å².